The smallest absolute Gasteiger partial charge is 0.242 e. The lowest BCUT2D eigenvalue weighted by atomic mass is 10.2. The van der Waals surface area contributed by atoms with Crippen LogP contribution in [0, 0.1) is 6.92 Å². The van der Waals surface area contributed by atoms with Crippen molar-refractivity contribution in [3.8, 4) is 0 Å². The van der Waals surface area contributed by atoms with Gasteiger partial charge in [0.15, 0.2) is 5.65 Å². The fourth-order valence-electron chi connectivity index (χ4n) is 2.30. The molecule has 2 rings (SSSR count). The number of rotatable bonds is 6. The van der Waals surface area contributed by atoms with Crippen LogP contribution in [0.3, 0.4) is 0 Å². The minimum absolute atomic E-state index is 0.0183. The summed E-state index contributed by atoms with van der Waals surface area (Å²) in [6.45, 7) is 6.50. The van der Waals surface area contributed by atoms with Gasteiger partial charge in [0.05, 0.1) is 0 Å². The molecule has 6 heteroatoms. The number of imidazole rings is 1. The number of carbonyl (C=O) groups excluding carboxylic acids is 1. The first-order chi connectivity index (χ1) is 10.1. The summed E-state index contributed by atoms with van der Waals surface area (Å²) in [4.78, 5) is 21.4. The maximum Gasteiger partial charge on any atom is 0.242 e. The summed E-state index contributed by atoms with van der Waals surface area (Å²) < 4.78 is 1.90. The normalized spacial score (nSPS) is 12.6. The summed E-state index contributed by atoms with van der Waals surface area (Å²) in [5.41, 5.74) is 2.45. The molecule has 0 saturated heterocycles. The van der Waals surface area contributed by atoms with Crippen molar-refractivity contribution >= 4 is 28.7 Å². The predicted molar refractivity (Wildman–Crippen MR) is 84.7 cm³/mol. The van der Waals surface area contributed by atoms with Crippen LogP contribution >= 0.6 is 11.6 Å². The maximum absolute atomic E-state index is 12.3. The molecule has 0 radical (unpaired) electrons. The first kappa shape index (κ1) is 15.8. The molecular formula is C15H21ClN4O. The lowest BCUT2D eigenvalue weighted by molar-refractivity contribution is -0.123. The quantitative estimate of drug-likeness (QED) is 0.835. The maximum atomic E-state index is 12.3. The van der Waals surface area contributed by atoms with Crippen LogP contribution < -0.4 is 5.32 Å². The second kappa shape index (κ2) is 6.89. The van der Waals surface area contributed by atoms with Gasteiger partial charge in [0, 0.05) is 24.5 Å². The van der Waals surface area contributed by atoms with Crippen LogP contribution in [0.1, 0.15) is 37.8 Å². The molecule has 21 heavy (non-hydrogen) atoms. The van der Waals surface area contributed by atoms with E-state index < -0.39 is 0 Å². The third-order valence-electron chi connectivity index (χ3n) is 3.38. The molecule has 2 aromatic rings. The van der Waals surface area contributed by atoms with Crippen LogP contribution in [-0.4, -0.2) is 32.9 Å². The number of fused-ring (bicyclic) bond motifs is 1. The molecular weight excluding hydrogens is 288 g/mol. The molecule has 2 heterocycles. The van der Waals surface area contributed by atoms with E-state index in [4.69, 9.17) is 11.6 Å². The van der Waals surface area contributed by atoms with Crippen LogP contribution in [0.4, 0.5) is 0 Å². The summed E-state index contributed by atoms with van der Waals surface area (Å²) in [6, 6.07) is 3.50. The molecule has 1 amide bonds. The molecule has 0 aromatic carbocycles. The fraction of sp³-hybridized carbons (Fsp3) is 0.533. The van der Waals surface area contributed by atoms with Crippen LogP contribution in [0.15, 0.2) is 12.1 Å². The molecule has 5 nitrogen and oxygen atoms in total. The van der Waals surface area contributed by atoms with Gasteiger partial charge in [-0.05, 0) is 32.4 Å². The Morgan fingerprint density at radius 2 is 2.19 bits per heavy atom. The number of aryl methyl sites for hydroxylation is 2. The predicted octanol–water partition coefficient (Wildman–Crippen LogP) is 2.61. The van der Waals surface area contributed by atoms with Crippen molar-refractivity contribution in [3.63, 3.8) is 0 Å². The molecule has 1 unspecified atom stereocenters. The Labute approximate surface area is 129 Å². The van der Waals surface area contributed by atoms with E-state index in [1.807, 2.05) is 37.5 Å². The molecule has 0 bridgehead atoms. The number of pyridine rings is 1. The lowest BCUT2D eigenvalue weighted by Crippen LogP contribution is -2.32. The van der Waals surface area contributed by atoms with E-state index in [2.05, 4.69) is 15.3 Å². The van der Waals surface area contributed by atoms with E-state index >= 15 is 0 Å². The van der Waals surface area contributed by atoms with Crippen molar-refractivity contribution in [3.05, 3.63) is 23.7 Å². The number of hydrogen-bond acceptors (Lipinski definition) is 3. The zero-order valence-corrected chi connectivity index (χ0v) is 13.4. The van der Waals surface area contributed by atoms with Gasteiger partial charge in [-0.25, -0.2) is 9.97 Å². The number of nitrogens with zero attached hydrogens (tertiary/aromatic N) is 3. The highest BCUT2D eigenvalue weighted by Gasteiger charge is 2.21. The number of alkyl halides is 1. The lowest BCUT2D eigenvalue weighted by Gasteiger charge is -2.16. The van der Waals surface area contributed by atoms with Crippen LogP contribution in [0.5, 0.6) is 0 Å². The van der Waals surface area contributed by atoms with Gasteiger partial charge >= 0.3 is 0 Å². The van der Waals surface area contributed by atoms with Gasteiger partial charge in [0.2, 0.25) is 5.91 Å². The molecule has 1 atom stereocenters. The molecule has 0 fully saturated rings. The highest BCUT2D eigenvalue weighted by molar-refractivity contribution is 6.17. The van der Waals surface area contributed by atoms with Crippen molar-refractivity contribution in [2.45, 2.75) is 39.7 Å². The van der Waals surface area contributed by atoms with Crippen LogP contribution in [0.2, 0.25) is 0 Å². The minimum Gasteiger partial charge on any atom is -0.354 e. The Bertz CT molecular complexity index is 638. The monoisotopic (exact) mass is 308 g/mol. The number of hydrogen-bond donors (Lipinski definition) is 1. The van der Waals surface area contributed by atoms with Crippen molar-refractivity contribution in [1.29, 1.82) is 0 Å². The second-order valence-electron chi connectivity index (χ2n) is 5.10. The Hall–Kier alpha value is -1.62. The molecule has 0 aliphatic carbocycles. The van der Waals surface area contributed by atoms with Crippen molar-refractivity contribution < 1.29 is 4.79 Å². The second-order valence-corrected chi connectivity index (χ2v) is 5.48. The highest BCUT2D eigenvalue weighted by atomic mass is 35.5. The Kier molecular flexibility index (Phi) is 5.17. The number of carbonyl (C=O) groups is 1. The minimum atomic E-state index is -0.353. The fourth-order valence-corrected chi connectivity index (χ4v) is 2.47. The zero-order chi connectivity index (χ0) is 15.4. The summed E-state index contributed by atoms with van der Waals surface area (Å²) in [7, 11) is 0. The van der Waals surface area contributed by atoms with Gasteiger partial charge in [-0.2, -0.15) is 0 Å². The zero-order valence-electron chi connectivity index (χ0n) is 12.7. The molecule has 2 aromatic heterocycles. The van der Waals surface area contributed by atoms with Gasteiger partial charge in [-0.15, -0.1) is 11.6 Å². The number of halogens is 1. The number of amides is 1. The van der Waals surface area contributed by atoms with Gasteiger partial charge in [0.1, 0.15) is 17.4 Å². The van der Waals surface area contributed by atoms with Crippen molar-refractivity contribution in [2.75, 3.05) is 12.4 Å². The summed E-state index contributed by atoms with van der Waals surface area (Å²) >= 11 is 5.86. The van der Waals surface area contributed by atoms with E-state index in [0.29, 0.717) is 18.8 Å². The summed E-state index contributed by atoms with van der Waals surface area (Å²) in [6.07, 6.45) is 1.53. The Balaban J connectivity index is 2.45. The summed E-state index contributed by atoms with van der Waals surface area (Å²) in [5.74, 6) is 1.25. The Morgan fingerprint density at radius 1 is 1.43 bits per heavy atom. The van der Waals surface area contributed by atoms with Crippen LogP contribution in [0.25, 0.3) is 11.2 Å². The molecule has 0 saturated carbocycles. The standard InChI is InChI=1S/C15H21ClN4O/c1-4-9-17-15(21)11(3)20-13(7-8-16)19-12-6-5-10(2)18-14(12)20/h5-6,11H,4,7-9H2,1-3H3,(H,17,21). The molecule has 0 spiro atoms. The molecule has 1 N–H and O–H groups in total. The first-order valence-corrected chi connectivity index (χ1v) is 7.80. The average molecular weight is 309 g/mol. The third kappa shape index (κ3) is 3.35. The van der Waals surface area contributed by atoms with Gasteiger partial charge in [-0.3, -0.25) is 4.79 Å². The SMILES string of the molecule is CCCNC(=O)C(C)n1c(CCCl)nc2ccc(C)nc21. The van der Waals surface area contributed by atoms with Gasteiger partial charge in [0.25, 0.3) is 0 Å². The van der Waals surface area contributed by atoms with E-state index in [9.17, 15) is 4.79 Å². The molecule has 114 valence electrons. The van der Waals surface area contributed by atoms with Crippen LogP contribution in [-0.2, 0) is 11.2 Å². The van der Waals surface area contributed by atoms with Crippen molar-refractivity contribution in [1.82, 2.24) is 19.9 Å². The molecule has 0 aliphatic rings. The highest BCUT2D eigenvalue weighted by Crippen LogP contribution is 2.21. The van der Waals surface area contributed by atoms with Crippen molar-refractivity contribution in [2.24, 2.45) is 0 Å². The third-order valence-corrected chi connectivity index (χ3v) is 3.57. The Morgan fingerprint density at radius 3 is 2.86 bits per heavy atom. The van der Waals surface area contributed by atoms with E-state index in [1.165, 1.54) is 0 Å². The van der Waals surface area contributed by atoms with E-state index in [0.717, 1.165) is 29.1 Å². The first-order valence-electron chi connectivity index (χ1n) is 7.26. The van der Waals surface area contributed by atoms with E-state index in [-0.39, 0.29) is 11.9 Å². The average Bonchev–Trinajstić information content (AvgIpc) is 2.81. The van der Waals surface area contributed by atoms with Gasteiger partial charge in [-0.1, -0.05) is 6.92 Å². The van der Waals surface area contributed by atoms with Gasteiger partial charge < -0.3 is 9.88 Å². The molecule has 0 aliphatic heterocycles. The number of aromatic nitrogens is 3. The number of nitrogens with one attached hydrogen (secondary N) is 1. The largest absolute Gasteiger partial charge is 0.354 e. The topological polar surface area (TPSA) is 59.8 Å². The van der Waals surface area contributed by atoms with E-state index in [1.54, 1.807) is 0 Å². The summed E-state index contributed by atoms with van der Waals surface area (Å²) in [5, 5.41) is 2.92.